The fourth-order valence-corrected chi connectivity index (χ4v) is 1.41. The molecule has 5 N–H and O–H groups in total. The summed E-state index contributed by atoms with van der Waals surface area (Å²) in [6.45, 7) is 0.830. The van der Waals surface area contributed by atoms with Crippen LogP contribution in [0.2, 0.25) is 0 Å². The van der Waals surface area contributed by atoms with Crippen LogP contribution < -0.4 is 21.5 Å². The Morgan fingerprint density at radius 3 is 2.47 bits per heavy atom. The van der Waals surface area contributed by atoms with E-state index >= 15 is 0 Å². The minimum Gasteiger partial charge on any atom is -0.484 e. The Kier molecular flexibility index (Phi) is 6.38. The maximum atomic E-state index is 11.4. The lowest BCUT2D eigenvalue weighted by molar-refractivity contribution is -0.123. The molecule has 0 aliphatic heterocycles. The summed E-state index contributed by atoms with van der Waals surface area (Å²) < 4.78 is 5.30. The molecule has 0 spiro atoms. The van der Waals surface area contributed by atoms with Gasteiger partial charge in [-0.15, -0.1) is 0 Å². The van der Waals surface area contributed by atoms with Gasteiger partial charge in [-0.1, -0.05) is 12.1 Å². The number of primary amides is 1. The van der Waals surface area contributed by atoms with Gasteiger partial charge in [0.15, 0.2) is 6.61 Å². The molecule has 104 valence electrons. The van der Waals surface area contributed by atoms with E-state index in [1.54, 1.807) is 12.1 Å². The molecule has 1 aromatic carbocycles. The Hall–Kier alpha value is -2.08. The molecule has 0 fully saturated rings. The lowest BCUT2D eigenvalue weighted by Crippen LogP contribution is -2.30. The Balaban J connectivity index is 2.20. The molecule has 0 saturated carbocycles. The minimum atomic E-state index is -0.370. The van der Waals surface area contributed by atoms with Crippen molar-refractivity contribution in [2.75, 3.05) is 13.2 Å². The lowest BCUT2D eigenvalue weighted by atomic mass is 10.2. The van der Waals surface area contributed by atoms with Gasteiger partial charge in [-0.2, -0.15) is 0 Å². The summed E-state index contributed by atoms with van der Waals surface area (Å²) in [6.07, 6.45) is 0.800. The van der Waals surface area contributed by atoms with Gasteiger partial charge < -0.3 is 21.5 Å². The number of hydrogen-bond donors (Lipinski definition) is 3. The first-order chi connectivity index (χ1) is 9.11. The molecule has 6 heteroatoms. The Morgan fingerprint density at radius 2 is 1.89 bits per heavy atom. The number of ether oxygens (including phenoxy) is 1. The Morgan fingerprint density at radius 1 is 1.21 bits per heavy atom. The molecule has 1 aromatic rings. The minimum absolute atomic E-state index is 0.0570. The normalized spacial score (nSPS) is 9.95. The summed E-state index contributed by atoms with van der Waals surface area (Å²) >= 11 is 0. The van der Waals surface area contributed by atoms with E-state index in [-0.39, 0.29) is 24.8 Å². The number of carbonyl (C=O) groups excluding carboxylic acids is 2. The first kappa shape index (κ1) is 15.0. The smallest absolute Gasteiger partial charge is 0.257 e. The molecule has 6 nitrogen and oxygen atoms in total. The van der Waals surface area contributed by atoms with Crippen LogP contribution in [0.15, 0.2) is 24.3 Å². The van der Waals surface area contributed by atoms with Crippen LogP contribution in [0.5, 0.6) is 5.75 Å². The summed E-state index contributed by atoms with van der Waals surface area (Å²) in [5.74, 6) is 0.0161. The predicted molar refractivity (Wildman–Crippen MR) is 71.3 cm³/mol. The van der Waals surface area contributed by atoms with Crippen LogP contribution in [0, 0.1) is 0 Å². The van der Waals surface area contributed by atoms with Crippen molar-refractivity contribution in [2.45, 2.75) is 19.4 Å². The first-order valence-corrected chi connectivity index (χ1v) is 6.08. The number of rotatable bonds is 8. The van der Waals surface area contributed by atoms with Crippen molar-refractivity contribution in [3.63, 3.8) is 0 Å². The van der Waals surface area contributed by atoms with Gasteiger partial charge in [-0.05, 0) is 24.1 Å². The highest BCUT2D eigenvalue weighted by Gasteiger charge is 2.02. The molecule has 0 saturated heterocycles. The molecule has 19 heavy (non-hydrogen) atoms. The van der Waals surface area contributed by atoms with E-state index in [1.807, 2.05) is 12.1 Å². The van der Waals surface area contributed by atoms with Gasteiger partial charge >= 0.3 is 0 Å². The van der Waals surface area contributed by atoms with Crippen LogP contribution >= 0.6 is 0 Å². The summed E-state index contributed by atoms with van der Waals surface area (Å²) in [7, 11) is 0. The van der Waals surface area contributed by atoms with Crippen LogP contribution in [0.3, 0.4) is 0 Å². The van der Waals surface area contributed by atoms with Crippen molar-refractivity contribution >= 4 is 11.8 Å². The molecule has 0 heterocycles. The fourth-order valence-electron chi connectivity index (χ4n) is 1.41. The highest BCUT2D eigenvalue weighted by Crippen LogP contribution is 2.11. The van der Waals surface area contributed by atoms with Gasteiger partial charge in [0.2, 0.25) is 5.91 Å². The zero-order valence-corrected chi connectivity index (χ0v) is 10.7. The number of nitrogens with two attached hydrogens (primary N) is 2. The molecule has 0 aliphatic carbocycles. The largest absolute Gasteiger partial charge is 0.484 e. The van der Waals surface area contributed by atoms with E-state index < -0.39 is 0 Å². The number of nitrogens with one attached hydrogen (secondary N) is 1. The Labute approximate surface area is 112 Å². The van der Waals surface area contributed by atoms with E-state index in [1.165, 1.54) is 0 Å². The number of carbonyl (C=O) groups is 2. The second-order valence-electron chi connectivity index (χ2n) is 4.06. The lowest BCUT2D eigenvalue weighted by Gasteiger charge is -2.07. The quantitative estimate of drug-likeness (QED) is 0.571. The number of hydrogen-bond acceptors (Lipinski definition) is 4. The summed E-state index contributed by atoms with van der Waals surface area (Å²) in [5, 5.41) is 2.64. The number of benzene rings is 1. The summed E-state index contributed by atoms with van der Waals surface area (Å²) in [4.78, 5) is 21.9. The molecule has 0 aliphatic rings. The average Bonchev–Trinajstić information content (AvgIpc) is 2.41. The van der Waals surface area contributed by atoms with Crippen molar-refractivity contribution in [2.24, 2.45) is 11.5 Å². The highest BCUT2D eigenvalue weighted by atomic mass is 16.5. The van der Waals surface area contributed by atoms with E-state index in [4.69, 9.17) is 16.2 Å². The van der Waals surface area contributed by atoms with E-state index in [9.17, 15) is 9.59 Å². The maximum absolute atomic E-state index is 11.4. The van der Waals surface area contributed by atoms with Crippen LogP contribution in [0.1, 0.15) is 18.4 Å². The van der Waals surface area contributed by atoms with Crippen molar-refractivity contribution in [1.82, 2.24) is 5.32 Å². The van der Waals surface area contributed by atoms with Gasteiger partial charge in [-0.25, -0.2) is 0 Å². The molecule has 0 radical (unpaired) electrons. The van der Waals surface area contributed by atoms with E-state index in [0.717, 1.165) is 5.56 Å². The molecule has 0 atom stereocenters. The highest BCUT2D eigenvalue weighted by molar-refractivity contribution is 5.77. The average molecular weight is 265 g/mol. The van der Waals surface area contributed by atoms with Crippen LogP contribution in [0.25, 0.3) is 0 Å². The van der Waals surface area contributed by atoms with Gasteiger partial charge in [0, 0.05) is 19.5 Å². The Bertz CT molecular complexity index is 418. The summed E-state index contributed by atoms with van der Waals surface area (Å²) in [6, 6.07) is 7.23. The second kappa shape index (κ2) is 8.10. The first-order valence-electron chi connectivity index (χ1n) is 6.08. The van der Waals surface area contributed by atoms with Crippen molar-refractivity contribution in [3.8, 4) is 5.75 Å². The third-order valence-electron chi connectivity index (χ3n) is 2.45. The van der Waals surface area contributed by atoms with Gasteiger partial charge in [0.05, 0.1) is 0 Å². The van der Waals surface area contributed by atoms with Gasteiger partial charge in [0.1, 0.15) is 5.75 Å². The summed E-state index contributed by atoms with van der Waals surface area (Å²) in [5.41, 5.74) is 11.5. The molecule has 2 amide bonds. The predicted octanol–water partition coefficient (Wildman–Crippen LogP) is -0.0942. The molecule has 0 unspecified atom stereocenters. The standard InChI is InChI=1S/C13H19N3O3/c14-8-10-3-5-11(6-4-10)19-9-13(18)16-7-1-2-12(15)17/h3-6H,1-2,7-9,14H2,(H2,15,17)(H,16,18). The molecular weight excluding hydrogens is 246 g/mol. The van der Waals surface area contributed by atoms with Gasteiger partial charge in [0.25, 0.3) is 5.91 Å². The van der Waals surface area contributed by atoms with Crippen LogP contribution in [0.4, 0.5) is 0 Å². The van der Waals surface area contributed by atoms with Crippen molar-refractivity contribution in [1.29, 1.82) is 0 Å². The van der Waals surface area contributed by atoms with E-state index in [2.05, 4.69) is 5.32 Å². The molecule has 0 aromatic heterocycles. The third-order valence-corrected chi connectivity index (χ3v) is 2.45. The van der Waals surface area contributed by atoms with Crippen molar-refractivity contribution in [3.05, 3.63) is 29.8 Å². The zero-order chi connectivity index (χ0) is 14.1. The van der Waals surface area contributed by atoms with Crippen molar-refractivity contribution < 1.29 is 14.3 Å². The van der Waals surface area contributed by atoms with Crippen LogP contribution in [-0.4, -0.2) is 25.0 Å². The maximum Gasteiger partial charge on any atom is 0.257 e. The molecule has 0 bridgehead atoms. The second-order valence-corrected chi connectivity index (χ2v) is 4.06. The van der Waals surface area contributed by atoms with E-state index in [0.29, 0.717) is 25.3 Å². The topological polar surface area (TPSA) is 107 Å². The fraction of sp³-hybridized carbons (Fsp3) is 0.385. The van der Waals surface area contributed by atoms with Crippen LogP contribution in [-0.2, 0) is 16.1 Å². The SMILES string of the molecule is NCc1ccc(OCC(=O)NCCCC(N)=O)cc1. The van der Waals surface area contributed by atoms with Gasteiger partial charge in [-0.3, -0.25) is 9.59 Å². The number of amides is 2. The monoisotopic (exact) mass is 265 g/mol. The third kappa shape index (κ3) is 6.42. The zero-order valence-electron chi connectivity index (χ0n) is 10.7. The molecular formula is C13H19N3O3. The molecule has 1 rings (SSSR count).